The molecule has 5 heteroatoms. The zero-order chi connectivity index (χ0) is 12.0. The third-order valence-electron chi connectivity index (χ3n) is 2.11. The van der Waals surface area contributed by atoms with Crippen molar-refractivity contribution >= 4 is 0 Å². The van der Waals surface area contributed by atoms with Crippen molar-refractivity contribution in [3.8, 4) is 17.2 Å². The summed E-state index contributed by atoms with van der Waals surface area (Å²) in [4.78, 5) is 4.60. The average molecular weight is 227 g/mol. The van der Waals surface area contributed by atoms with Gasteiger partial charge in [0, 0.05) is 11.6 Å². The third kappa shape index (κ3) is 2.77. The van der Waals surface area contributed by atoms with Crippen LogP contribution in [0.15, 0.2) is 12.1 Å². The van der Waals surface area contributed by atoms with Gasteiger partial charge in [-0.3, -0.25) is 4.84 Å². The Labute approximate surface area is 95.0 Å². The molecule has 16 heavy (non-hydrogen) atoms. The molecule has 0 bridgehead atoms. The van der Waals surface area contributed by atoms with Crippen LogP contribution in [0, 0.1) is 0 Å². The molecule has 1 rings (SSSR count). The molecular formula is C11H17NO4. The number of nitrogens with two attached hydrogens (primary N) is 1. The molecule has 0 spiro atoms. The number of ether oxygens (including phenoxy) is 3. The normalized spacial score (nSPS) is 10.0. The molecule has 0 saturated heterocycles. The fraction of sp³-hybridized carbons (Fsp3) is 0.455. The molecule has 0 aliphatic carbocycles. The Kier molecular flexibility index (Phi) is 4.88. The van der Waals surface area contributed by atoms with Gasteiger partial charge >= 0.3 is 0 Å². The van der Waals surface area contributed by atoms with Gasteiger partial charge in [0.25, 0.3) is 0 Å². The first-order chi connectivity index (χ1) is 7.76. The minimum atomic E-state index is 0.257. The molecule has 0 saturated carbocycles. The highest BCUT2D eigenvalue weighted by molar-refractivity contribution is 5.50. The average Bonchev–Trinajstić information content (AvgIpc) is 2.30. The van der Waals surface area contributed by atoms with E-state index < -0.39 is 0 Å². The molecule has 0 amide bonds. The van der Waals surface area contributed by atoms with E-state index >= 15 is 0 Å². The Morgan fingerprint density at radius 3 is 2.25 bits per heavy atom. The number of benzene rings is 1. The van der Waals surface area contributed by atoms with Gasteiger partial charge in [0.2, 0.25) is 0 Å². The van der Waals surface area contributed by atoms with Gasteiger partial charge < -0.3 is 14.2 Å². The van der Waals surface area contributed by atoms with Gasteiger partial charge in [-0.15, -0.1) is 0 Å². The summed E-state index contributed by atoms with van der Waals surface area (Å²) in [7, 11) is 3.16. The fourth-order valence-corrected chi connectivity index (χ4v) is 1.40. The van der Waals surface area contributed by atoms with Crippen LogP contribution in [0.25, 0.3) is 0 Å². The molecule has 0 unspecified atom stereocenters. The van der Waals surface area contributed by atoms with Gasteiger partial charge in [-0.25, -0.2) is 5.90 Å². The molecule has 0 atom stereocenters. The van der Waals surface area contributed by atoms with Crippen LogP contribution in [0.5, 0.6) is 17.2 Å². The van der Waals surface area contributed by atoms with Crippen LogP contribution in [0.1, 0.15) is 12.5 Å². The van der Waals surface area contributed by atoms with Gasteiger partial charge in [-0.2, -0.15) is 0 Å². The lowest BCUT2D eigenvalue weighted by Crippen LogP contribution is -2.03. The summed E-state index contributed by atoms with van der Waals surface area (Å²) in [6, 6.07) is 3.55. The van der Waals surface area contributed by atoms with Gasteiger partial charge in [0.15, 0.2) is 11.5 Å². The van der Waals surface area contributed by atoms with Crippen LogP contribution < -0.4 is 20.1 Å². The van der Waals surface area contributed by atoms with E-state index in [1.807, 2.05) is 6.92 Å². The number of rotatable bonds is 6. The maximum Gasteiger partial charge on any atom is 0.164 e. The zero-order valence-corrected chi connectivity index (χ0v) is 9.78. The maximum atomic E-state index is 5.44. The van der Waals surface area contributed by atoms with Crippen molar-refractivity contribution < 1.29 is 19.0 Å². The van der Waals surface area contributed by atoms with E-state index in [1.54, 1.807) is 26.4 Å². The van der Waals surface area contributed by atoms with Crippen molar-refractivity contribution in [1.82, 2.24) is 0 Å². The number of methoxy groups -OCH3 is 2. The SMILES string of the molecule is CCOc1cc(CON)c(OC)cc1OC. The van der Waals surface area contributed by atoms with Crippen LogP contribution in [0.3, 0.4) is 0 Å². The molecule has 0 aliphatic rings. The van der Waals surface area contributed by atoms with Gasteiger partial charge in [-0.05, 0) is 13.0 Å². The van der Waals surface area contributed by atoms with Crippen LogP contribution >= 0.6 is 0 Å². The molecule has 0 radical (unpaired) electrons. The van der Waals surface area contributed by atoms with Crippen LogP contribution in [0.4, 0.5) is 0 Å². The molecule has 1 aromatic carbocycles. The molecule has 2 N–H and O–H groups in total. The van der Waals surface area contributed by atoms with Gasteiger partial charge in [0.05, 0.1) is 27.4 Å². The van der Waals surface area contributed by atoms with Crippen molar-refractivity contribution in [2.24, 2.45) is 5.90 Å². The van der Waals surface area contributed by atoms with E-state index in [0.29, 0.717) is 23.9 Å². The van der Waals surface area contributed by atoms with Gasteiger partial charge in [-0.1, -0.05) is 0 Å². The van der Waals surface area contributed by atoms with E-state index in [1.165, 1.54) is 0 Å². The van der Waals surface area contributed by atoms with Crippen molar-refractivity contribution in [3.05, 3.63) is 17.7 Å². The first kappa shape index (κ1) is 12.6. The van der Waals surface area contributed by atoms with Crippen LogP contribution in [0.2, 0.25) is 0 Å². The summed E-state index contributed by atoms with van der Waals surface area (Å²) < 4.78 is 15.8. The summed E-state index contributed by atoms with van der Waals surface area (Å²) in [5.74, 6) is 6.98. The minimum Gasteiger partial charge on any atom is -0.496 e. The Balaban J connectivity index is 3.12. The molecule has 1 aromatic rings. The van der Waals surface area contributed by atoms with Gasteiger partial charge in [0.1, 0.15) is 5.75 Å². The highest BCUT2D eigenvalue weighted by atomic mass is 16.6. The molecule has 0 aliphatic heterocycles. The Bertz CT molecular complexity index is 312. The highest BCUT2D eigenvalue weighted by Crippen LogP contribution is 2.34. The van der Waals surface area contributed by atoms with Crippen LogP contribution in [-0.2, 0) is 11.4 Å². The summed E-state index contributed by atoms with van der Waals surface area (Å²) in [5.41, 5.74) is 0.814. The second-order valence-electron chi connectivity index (χ2n) is 3.06. The summed E-state index contributed by atoms with van der Waals surface area (Å²) in [6.07, 6.45) is 0. The molecule has 0 heterocycles. The van der Waals surface area contributed by atoms with Crippen molar-refractivity contribution in [3.63, 3.8) is 0 Å². The highest BCUT2D eigenvalue weighted by Gasteiger charge is 2.11. The molecular weight excluding hydrogens is 210 g/mol. The maximum absolute atomic E-state index is 5.44. The van der Waals surface area contributed by atoms with E-state index in [-0.39, 0.29) is 6.61 Å². The monoisotopic (exact) mass is 227 g/mol. The summed E-state index contributed by atoms with van der Waals surface area (Å²) in [6.45, 7) is 2.72. The first-order valence-electron chi connectivity index (χ1n) is 4.96. The number of hydrogen-bond donors (Lipinski definition) is 1. The van der Waals surface area contributed by atoms with E-state index in [2.05, 4.69) is 4.84 Å². The van der Waals surface area contributed by atoms with E-state index in [4.69, 9.17) is 20.1 Å². The molecule has 5 nitrogen and oxygen atoms in total. The Morgan fingerprint density at radius 1 is 1.06 bits per heavy atom. The predicted octanol–water partition coefficient (Wildman–Crippen LogP) is 1.49. The largest absolute Gasteiger partial charge is 0.496 e. The third-order valence-corrected chi connectivity index (χ3v) is 2.11. The predicted molar refractivity (Wildman–Crippen MR) is 59.7 cm³/mol. The molecule has 0 aromatic heterocycles. The molecule has 0 fully saturated rings. The quantitative estimate of drug-likeness (QED) is 0.746. The topological polar surface area (TPSA) is 62.9 Å². The fourth-order valence-electron chi connectivity index (χ4n) is 1.40. The second-order valence-corrected chi connectivity index (χ2v) is 3.06. The Hall–Kier alpha value is -1.46. The van der Waals surface area contributed by atoms with Crippen molar-refractivity contribution in [2.75, 3.05) is 20.8 Å². The van der Waals surface area contributed by atoms with E-state index in [9.17, 15) is 0 Å². The lowest BCUT2D eigenvalue weighted by atomic mass is 10.2. The van der Waals surface area contributed by atoms with Crippen molar-refractivity contribution in [2.45, 2.75) is 13.5 Å². The Morgan fingerprint density at radius 2 is 1.75 bits per heavy atom. The lowest BCUT2D eigenvalue weighted by Gasteiger charge is -2.14. The summed E-state index contributed by atoms with van der Waals surface area (Å²) in [5, 5.41) is 0. The smallest absolute Gasteiger partial charge is 0.164 e. The zero-order valence-electron chi connectivity index (χ0n) is 9.78. The van der Waals surface area contributed by atoms with Crippen LogP contribution in [-0.4, -0.2) is 20.8 Å². The summed E-state index contributed by atoms with van der Waals surface area (Å²) >= 11 is 0. The van der Waals surface area contributed by atoms with E-state index in [0.717, 1.165) is 5.56 Å². The van der Waals surface area contributed by atoms with Crippen molar-refractivity contribution in [1.29, 1.82) is 0 Å². The first-order valence-corrected chi connectivity index (χ1v) is 4.96. The number of hydrogen-bond acceptors (Lipinski definition) is 5. The molecule has 90 valence electrons. The standard InChI is InChI=1S/C11H17NO4/c1-4-15-11-5-8(7-16-12)9(13-2)6-10(11)14-3/h5-6H,4,7,12H2,1-3H3. The lowest BCUT2D eigenvalue weighted by molar-refractivity contribution is 0.121. The minimum absolute atomic E-state index is 0.257. The second kappa shape index (κ2) is 6.19.